The molecule has 1 heterocycles. The van der Waals surface area contributed by atoms with Gasteiger partial charge in [-0.15, -0.1) is 0 Å². The Kier molecular flexibility index (Phi) is 6.22. The predicted octanol–water partition coefficient (Wildman–Crippen LogP) is 3.18. The molecule has 0 aliphatic carbocycles. The Morgan fingerprint density at radius 1 is 1.33 bits per heavy atom. The van der Waals surface area contributed by atoms with Crippen LogP contribution in [0.25, 0.3) is 0 Å². The lowest BCUT2D eigenvalue weighted by Gasteiger charge is -2.21. The first-order chi connectivity index (χ1) is 10.2. The van der Waals surface area contributed by atoms with Crippen LogP contribution in [-0.2, 0) is 6.54 Å². The number of nitrogens with zero attached hydrogens (tertiary/aromatic N) is 1. The molecule has 2 nitrogen and oxygen atoms in total. The number of halogens is 1. The summed E-state index contributed by atoms with van der Waals surface area (Å²) in [5.74, 6) is 6.05. The second kappa shape index (κ2) is 8.17. The van der Waals surface area contributed by atoms with E-state index in [4.69, 9.17) is 5.11 Å². The van der Waals surface area contributed by atoms with Gasteiger partial charge in [-0.05, 0) is 56.0 Å². The third kappa shape index (κ3) is 4.84. The van der Waals surface area contributed by atoms with E-state index in [-0.39, 0.29) is 12.4 Å². The molecule has 1 aliphatic heterocycles. The molecule has 1 aliphatic rings. The molecule has 1 aromatic carbocycles. The highest BCUT2D eigenvalue weighted by molar-refractivity contribution is 5.41. The first-order valence-corrected chi connectivity index (χ1v) is 7.83. The molecule has 114 valence electrons. The molecule has 1 saturated heterocycles. The number of benzene rings is 1. The molecule has 0 spiro atoms. The van der Waals surface area contributed by atoms with Crippen LogP contribution in [0.4, 0.5) is 4.39 Å². The maximum atomic E-state index is 13.4. The van der Waals surface area contributed by atoms with Crippen LogP contribution in [0.2, 0.25) is 0 Å². The van der Waals surface area contributed by atoms with E-state index in [0.29, 0.717) is 5.56 Å². The largest absolute Gasteiger partial charge is 0.384 e. The molecule has 3 heteroatoms. The van der Waals surface area contributed by atoms with Gasteiger partial charge < -0.3 is 5.11 Å². The van der Waals surface area contributed by atoms with Crippen LogP contribution in [0.15, 0.2) is 18.2 Å². The normalized spacial score (nSPS) is 19.7. The minimum Gasteiger partial charge on any atom is -0.384 e. The molecule has 1 N–H and O–H groups in total. The van der Waals surface area contributed by atoms with E-state index in [9.17, 15) is 4.39 Å². The third-order valence-electron chi connectivity index (χ3n) is 4.29. The summed E-state index contributed by atoms with van der Waals surface area (Å²) < 4.78 is 13.4. The van der Waals surface area contributed by atoms with E-state index in [2.05, 4.69) is 23.7 Å². The number of hydrogen-bond donors (Lipinski definition) is 1. The second-order valence-electron chi connectivity index (χ2n) is 5.74. The molecule has 2 rings (SSSR count). The summed E-state index contributed by atoms with van der Waals surface area (Å²) in [7, 11) is 0. The van der Waals surface area contributed by atoms with Crippen molar-refractivity contribution in [3.63, 3.8) is 0 Å². The maximum Gasteiger partial charge on any atom is 0.124 e. The van der Waals surface area contributed by atoms with Crippen molar-refractivity contribution in [2.45, 2.75) is 39.2 Å². The van der Waals surface area contributed by atoms with Gasteiger partial charge >= 0.3 is 0 Å². The monoisotopic (exact) mass is 289 g/mol. The fourth-order valence-corrected chi connectivity index (χ4v) is 2.97. The zero-order valence-corrected chi connectivity index (χ0v) is 12.7. The van der Waals surface area contributed by atoms with Gasteiger partial charge in [-0.25, -0.2) is 4.39 Å². The SMILES string of the molecule is CCC1CCCN(Cc2ccc(F)cc2C#CCO)CC1. The zero-order valence-electron chi connectivity index (χ0n) is 12.7. The fraction of sp³-hybridized carbons (Fsp3) is 0.556. The van der Waals surface area contributed by atoms with E-state index in [1.807, 2.05) is 6.07 Å². The average Bonchev–Trinajstić information content (AvgIpc) is 2.72. The number of rotatable bonds is 3. The van der Waals surface area contributed by atoms with Crippen molar-refractivity contribution >= 4 is 0 Å². The Morgan fingerprint density at radius 3 is 2.95 bits per heavy atom. The van der Waals surface area contributed by atoms with Crippen molar-refractivity contribution in [2.75, 3.05) is 19.7 Å². The predicted molar refractivity (Wildman–Crippen MR) is 83.3 cm³/mol. The molecule has 1 unspecified atom stereocenters. The van der Waals surface area contributed by atoms with Crippen molar-refractivity contribution in [1.29, 1.82) is 0 Å². The molecule has 0 amide bonds. The standard InChI is InChI=1S/C18H24FNO/c1-2-15-5-3-10-20(11-9-15)14-17-7-8-18(19)13-16(17)6-4-12-21/h7-8,13,15,21H,2-3,5,9-12,14H2,1H3. The zero-order chi connectivity index (χ0) is 15.1. The topological polar surface area (TPSA) is 23.5 Å². The number of aliphatic hydroxyl groups excluding tert-OH is 1. The van der Waals surface area contributed by atoms with Crippen molar-refractivity contribution in [2.24, 2.45) is 5.92 Å². The van der Waals surface area contributed by atoms with Gasteiger partial charge in [-0.2, -0.15) is 0 Å². The van der Waals surface area contributed by atoms with Gasteiger partial charge in [0.25, 0.3) is 0 Å². The second-order valence-corrected chi connectivity index (χ2v) is 5.74. The Morgan fingerprint density at radius 2 is 2.19 bits per heavy atom. The first kappa shape index (κ1) is 16.0. The fourth-order valence-electron chi connectivity index (χ4n) is 2.97. The molecule has 1 atom stereocenters. The van der Waals surface area contributed by atoms with Gasteiger partial charge in [-0.1, -0.05) is 31.3 Å². The highest BCUT2D eigenvalue weighted by Gasteiger charge is 2.16. The van der Waals surface area contributed by atoms with Crippen LogP contribution >= 0.6 is 0 Å². The highest BCUT2D eigenvalue weighted by Crippen LogP contribution is 2.22. The minimum absolute atomic E-state index is 0.197. The van der Waals surface area contributed by atoms with E-state index in [1.54, 1.807) is 0 Å². The summed E-state index contributed by atoms with van der Waals surface area (Å²) in [4.78, 5) is 2.44. The van der Waals surface area contributed by atoms with Gasteiger partial charge in [0.05, 0.1) is 0 Å². The molecule has 0 aromatic heterocycles. The van der Waals surface area contributed by atoms with Gasteiger partial charge in [0.15, 0.2) is 0 Å². The molecule has 1 aromatic rings. The van der Waals surface area contributed by atoms with Crippen LogP contribution in [0.5, 0.6) is 0 Å². The summed E-state index contributed by atoms with van der Waals surface area (Å²) in [5, 5.41) is 8.82. The molecular weight excluding hydrogens is 265 g/mol. The van der Waals surface area contributed by atoms with Gasteiger partial charge in [0.1, 0.15) is 12.4 Å². The molecule has 1 fully saturated rings. The van der Waals surface area contributed by atoms with Gasteiger partial charge in [0.2, 0.25) is 0 Å². The van der Waals surface area contributed by atoms with Crippen molar-refractivity contribution in [3.8, 4) is 11.8 Å². The molecule has 0 saturated carbocycles. The van der Waals surface area contributed by atoms with Gasteiger partial charge in [0, 0.05) is 12.1 Å². The Hall–Kier alpha value is -1.37. The Labute approximate surface area is 127 Å². The third-order valence-corrected chi connectivity index (χ3v) is 4.29. The van der Waals surface area contributed by atoms with Gasteiger partial charge in [-0.3, -0.25) is 4.90 Å². The Bertz CT molecular complexity index is 518. The first-order valence-electron chi connectivity index (χ1n) is 7.83. The lowest BCUT2D eigenvalue weighted by atomic mass is 9.98. The molecule has 0 radical (unpaired) electrons. The molecular formula is C18H24FNO. The average molecular weight is 289 g/mol. The van der Waals surface area contributed by atoms with Crippen molar-refractivity contribution < 1.29 is 9.50 Å². The van der Waals surface area contributed by atoms with E-state index < -0.39 is 0 Å². The van der Waals surface area contributed by atoms with Crippen LogP contribution in [-0.4, -0.2) is 29.7 Å². The highest BCUT2D eigenvalue weighted by atomic mass is 19.1. The van der Waals surface area contributed by atoms with E-state index in [1.165, 1.54) is 37.8 Å². The van der Waals surface area contributed by atoms with Crippen LogP contribution in [0.1, 0.15) is 43.7 Å². The van der Waals surface area contributed by atoms with E-state index in [0.717, 1.165) is 31.1 Å². The van der Waals surface area contributed by atoms with Crippen LogP contribution < -0.4 is 0 Å². The molecule has 0 bridgehead atoms. The summed E-state index contributed by atoms with van der Waals surface area (Å²) >= 11 is 0. The van der Waals surface area contributed by atoms with Crippen LogP contribution in [0, 0.1) is 23.6 Å². The summed E-state index contributed by atoms with van der Waals surface area (Å²) in [5.41, 5.74) is 1.74. The van der Waals surface area contributed by atoms with Crippen molar-refractivity contribution in [3.05, 3.63) is 35.1 Å². The number of aliphatic hydroxyl groups is 1. The lowest BCUT2D eigenvalue weighted by Crippen LogP contribution is -2.24. The number of likely N-dealkylation sites (tertiary alicyclic amines) is 1. The summed E-state index contributed by atoms with van der Waals surface area (Å²) in [6, 6.07) is 4.77. The molecule has 21 heavy (non-hydrogen) atoms. The summed E-state index contributed by atoms with van der Waals surface area (Å²) in [6.07, 6.45) is 5.05. The van der Waals surface area contributed by atoms with E-state index >= 15 is 0 Å². The minimum atomic E-state index is -0.275. The smallest absolute Gasteiger partial charge is 0.124 e. The Balaban J connectivity index is 2.08. The lowest BCUT2D eigenvalue weighted by molar-refractivity contribution is 0.271. The maximum absolute atomic E-state index is 13.4. The number of hydrogen-bond acceptors (Lipinski definition) is 2. The van der Waals surface area contributed by atoms with Crippen LogP contribution in [0.3, 0.4) is 0 Å². The quantitative estimate of drug-likeness (QED) is 0.864. The van der Waals surface area contributed by atoms with Crippen molar-refractivity contribution in [1.82, 2.24) is 4.90 Å². The summed E-state index contributed by atoms with van der Waals surface area (Å²) in [6.45, 7) is 5.08.